The van der Waals surface area contributed by atoms with Crippen LogP contribution >= 0.6 is 0 Å². The van der Waals surface area contributed by atoms with E-state index in [2.05, 4.69) is 25.8 Å². The molecule has 35 heavy (non-hydrogen) atoms. The number of nitrogens with one attached hydrogen (secondary N) is 3. The van der Waals surface area contributed by atoms with Crippen LogP contribution in [-0.2, 0) is 0 Å². The number of benzene rings is 3. The smallest absolute Gasteiger partial charge is 0.269 e. The number of amides is 1. The van der Waals surface area contributed by atoms with E-state index in [1.807, 2.05) is 79.8 Å². The van der Waals surface area contributed by atoms with Crippen molar-refractivity contribution in [1.82, 2.24) is 10.3 Å². The van der Waals surface area contributed by atoms with Gasteiger partial charge in [0.15, 0.2) is 6.29 Å². The van der Waals surface area contributed by atoms with E-state index in [9.17, 15) is 4.79 Å². The van der Waals surface area contributed by atoms with Crippen molar-refractivity contribution >= 4 is 23.0 Å². The minimum absolute atomic E-state index is 0.159. The van der Waals surface area contributed by atoms with Crippen LogP contribution in [0.4, 0.5) is 17.1 Å². The number of nitrogens with zero attached hydrogens (tertiary/aromatic N) is 2. The Labute approximate surface area is 203 Å². The number of aromatic nitrogens is 1. The first-order chi connectivity index (χ1) is 17.1. The van der Waals surface area contributed by atoms with Crippen LogP contribution in [-0.4, -0.2) is 31.3 Å². The summed E-state index contributed by atoms with van der Waals surface area (Å²) in [6.45, 7) is 0. The van der Waals surface area contributed by atoms with E-state index in [0.29, 0.717) is 17.2 Å². The second-order valence-electron chi connectivity index (χ2n) is 7.98. The molecule has 0 bridgehead atoms. The van der Waals surface area contributed by atoms with Crippen LogP contribution in [0.5, 0.6) is 23.0 Å². The van der Waals surface area contributed by atoms with Gasteiger partial charge in [-0.15, -0.1) is 0 Å². The average Bonchev–Trinajstić information content (AvgIpc) is 3.18. The third-order valence-electron chi connectivity index (χ3n) is 5.57. The summed E-state index contributed by atoms with van der Waals surface area (Å²) < 4.78 is 11.9. The molecule has 2 heterocycles. The molecule has 0 fully saturated rings. The Morgan fingerprint density at radius 3 is 2.46 bits per heavy atom. The molecular formula is C27H25N5O3. The van der Waals surface area contributed by atoms with Gasteiger partial charge in [-0.1, -0.05) is 24.3 Å². The molecule has 5 rings (SSSR count). The summed E-state index contributed by atoms with van der Waals surface area (Å²) in [7, 11) is 3.58. The zero-order chi connectivity index (χ0) is 24.2. The lowest BCUT2D eigenvalue weighted by Crippen LogP contribution is -2.39. The molecule has 3 N–H and O–H groups in total. The van der Waals surface area contributed by atoms with E-state index in [-0.39, 0.29) is 12.2 Å². The van der Waals surface area contributed by atoms with Crippen molar-refractivity contribution in [3.05, 3.63) is 96.8 Å². The Kier molecular flexibility index (Phi) is 6.09. The van der Waals surface area contributed by atoms with Gasteiger partial charge >= 0.3 is 0 Å². The molecule has 1 atom stereocenters. The van der Waals surface area contributed by atoms with Gasteiger partial charge in [-0.3, -0.25) is 9.78 Å². The van der Waals surface area contributed by atoms with Gasteiger partial charge in [0, 0.05) is 44.2 Å². The second kappa shape index (κ2) is 9.64. The number of carbonyl (C=O) groups excluding carboxylic acids is 1. The maximum absolute atomic E-state index is 11.8. The Balaban J connectivity index is 1.27. The minimum Gasteiger partial charge on any atom is -0.457 e. The molecule has 0 saturated heterocycles. The van der Waals surface area contributed by atoms with E-state index in [1.165, 1.54) is 0 Å². The molecule has 4 aromatic rings. The van der Waals surface area contributed by atoms with Gasteiger partial charge in [-0.2, -0.15) is 0 Å². The van der Waals surface area contributed by atoms with Crippen molar-refractivity contribution in [2.75, 3.05) is 29.6 Å². The quantitative estimate of drug-likeness (QED) is 0.341. The van der Waals surface area contributed by atoms with Gasteiger partial charge in [0.2, 0.25) is 0 Å². The molecule has 1 aliphatic rings. The molecular weight excluding hydrogens is 442 g/mol. The SMILES string of the molecule is CNC(=O)c1cc(Oc2ccc3c(c2)NC(Nc2cccc(Oc4ccccc4)c2)N3C)ccn1. The molecule has 0 aliphatic carbocycles. The number of ether oxygens (including phenoxy) is 2. The van der Waals surface area contributed by atoms with Gasteiger partial charge in [-0.25, -0.2) is 0 Å². The van der Waals surface area contributed by atoms with Crippen molar-refractivity contribution in [2.45, 2.75) is 6.29 Å². The summed E-state index contributed by atoms with van der Waals surface area (Å²) in [6.07, 6.45) is 1.39. The van der Waals surface area contributed by atoms with Crippen LogP contribution in [0.3, 0.4) is 0 Å². The topological polar surface area (TPSA) is 87.8 Å². The fourth-order valence-electron chi connectivity index (χ4n) is 3.81. The summed E-state index contributed by atoms with van der Waals surface area (Å²) in [5, 5.41) is 9.55. The monoisotopic (exact) mass is 467 g/mol. The molecule has 1 aromatic heterocycles. The number of fused-ring (bicyclic) bond motifs is 1. The van der Waals surface area contributed by atoms with Crippen LogP contribution < -0.4 is 30.3 Å². The number of carbonyl (C=O) groups is 1. The van der Waals surface area contributed by atoms with Crippen LogP contribution in [0.1, 0.15) is 10.5 Å². The minimum atomic E-state index is -0.264. The fourth-order valence-corrected chi connectivity index (χ4v) is 3.81. The Hall–Kier alpha value is -4.72. The lowest BCUT2D eigenvalue weighted by Gasteiger charge is -2.24. The highest BCUT2D eigenvalue weighted by molar-refractivity contribution is 5.92. The second-order valence-corrected chi connectivity index (χ2v) is 7.98. The van der Waals surface area contributed by atoms with Crippen molar-refractivity contribution in [2.24, 2.45) is 0 Å². The number of hydrogen-bond donors (Lipinski definition) is 3. The van der Waals surface area contributed by atoms with Crippen LogP contribution in [0.15, 0.2) is 91.1 Å². The molecule has 176 valence electrons. The summed E-state index contributed by atoms with van der Waals surface area (Å²) in [6, 6.07) is 26.7. The normalized spacial score (nSPS) is 14.0. The number of anilines is 3. The Morgan fingerprint density at radius 2 is 1.63 bits per heavy atom. The fraction of sp³-hybridized carbons (Fsp3) is 0.111. The predicted octanol–water partition coefficient (Wildman–Crippen LogP) is 5.28. The van der Waals surface area contributed by atoms with Gasteiger partial charge in [0.25, 0.3) is 5.91 Å². The predicted molar refractivity (Wildman–Crippen MR) is 137 cm³/mol. The molecule has 0 spiro atoms. The van der Waals surface area contributed by atoms with Crippen molar-refractivity contribution in [1.29, 1.82) is 0 Å². The average molecular weight is 468 g/mol. The first-order valence-electron chi connectivity index (χ1n) is 11.2. The molecule has 3 aromatic carbocycles. The standard InChI is InChI=1S/C27H25N5O3/c1-28-26(33)24-17-22(13-14-29-24)35-21-11-12-25-23(16-21)31-27(32(25)2)30-18-7-6-10-20(15-18)34-19-8-4-3-5-9-19/h3-17,27,30-31H,1-2H3,(H,28,33). The van der Waals surface area contributed by atoms with Gasteiger partial charge in [-0.05, 0) is 42.5 Å². The van der Waals surface area contributed by atoms with E-state index in [0.717, 1.165) is 28.6 Å². The molecule has 8 nitrogen and oxygen atoms in total. The summed E-state index contributed by atoms with van der Waals surface area (Å²) >= 11 is 0. The highest BCUT2D eigenvalue weighted by Crippen LogP contribution is 2.38. The first-order valence-corrected chi connectivity index (χ1v) is 11.2. The van der Waals surface area contributed by atoms with Gasteiger partial charge in [0.1, 0.15) is 28.7 Å². The molecule has 8 heteroatoms. The first kappa shape index (κ1) is 22.1. The summed E-state index contributed by atoms with van der Waals surface area (Å²) in [5.41, 5.74) is 3.18. The van der Waals surface area contributed by atoms with Crippen LogP contribution in [0.25, 0.3) is 0 Å². The van der Waals surface area contributed by atoms with Crippen molar-refractivity contribution in [3.63, 3.8) is 0 Å². The molecule has 1 amide bonds. The Morgan fingerprint density at radius 1 is 0.886 bits per heavy atom. The zero-order valence-corrected chi connectivity index (χ0v) is 19.4. The summed E-state index contributed by atoms with van der Waals surface area (Å²) in [4.78, 5) is 18.0. The highest BCUT2D eigenvalue weighted by atomic mass is 16.5. The maximum atomic E-state index is 11.8. The highest BCUT2D eigenvalue weighted by Gasteiger charge is 2.26. The van der Waals surface area contributed by atoms with Crippen molar-refractivity contribution < 1.29 is 14.3 Å². The number of pyridine rings is 1. The molecule has 1 unspecified atom stereocenters. The maximum Gasteiger partial charge on any atom is 0.269 e. The van der Waals surface area contributed by atoms with Crippen molar-refractivity contribution in [3.8, 4) is 23.0 Å². The van der Waals surface area contributed by atoms with Crippen LogP contribution in [0.2, 0.25) is 0 Å². The van der Waals surface area contributed by atoms with E-state index >= 15 is 0 Å². The third-order valence-corrected chi connectivity index (χ3v) is 5.57. The number of rotatable bonds is 7. The molecule has 0 saturated carbocycles. The lowest BCUT2D eigenvalue weighted by atomic mass is 10.2. The zero-order valence-electron chi connectivity index (χ0n) is 19.4. The Bertz CT molecular complexity index is 1350. The number of para-hydroxylation sites is 1. The number of hydrogen-bond acceptors (Lipinski definition) is 7. The third kappa shape index (κ3) is 4.96. The van der Waals surface area contributed by atoms with Gasteiger partial charge in [0.05, 0.1) is 11.4 Å². The van der Waals surface area contributed by atoms with E-state index < -0.39 is 0 Å². The molecule has 1 aliphatic heterocycles. The van der Waals surface area contributed by atoms with Gasteiger partial charge < -0.3 is 30.3 Å². The largest absolute Gasteiger partial charge is 0.457 e. The molecule has 0 radical (unpaired) electrons. The summed E-state index contributed by atoms with van der Waals surface area (Å²) in [5.74, 6) is 2.47. The lowest BCUT2D eigenvalue weighted by molar-refractivity contribution is 0.0958. The van der Waals surface area contributed by atoms with E-state index in [1.54, 1.807) is 25.4 Å². The van der Waals surface area contributed by atoms with E-state index in [4.69, 9.17) is 9.47 Å². The van der Waals surface area contributed by atoms with Crippen LogP contribution in [0, 0.1) is 0 Å².